The summed E-state index contributed by atoms with van der Waals surface area (Å²) >= 11 is 0. The predicted molar refractivity (Wildman–Crippen MR) is 125 cm³/mol. The number of carbonyl (C=O) groups is 1. The Hall–Kier alpha value is -3.25. The highest BCUT2D eigenvalue weighted by Crippen LogP contribution is 2.28. The number of nitrogens with one attached hydrogen (secondary N) is 1. The van der Waals surface area contributed by atoms with Crippen LogP contribution >= 0.6 is 0 Å². The predicted octanol–water partition coefficient (Wildman–Crippen LogP) is 4.68. The zero-order chi connectivity index (χ0) is 21.5. The van der Waals surface area contributed by atoms with Gasteiger partial charge in [0, 0.05) is 41.7 Å². The van der Waals surface area contributed by atoms with E-state index in [1.54, 1.807) is 12.3 Å². The van der Waals surface area contributed by atoms with Crippen molar-refractivity contribution in [2.75, 3.05) is 31.5 Å². The van der Waals surface area contributed by atoms with Crippen molar-refractivity contribution in [1.29, 1.82) is 0 Å². The van der Waals surface area contributed by atoms with Gasteiger partial charge >= 0.3 is 5.97 Å². The number of anilines is 1. The number of benzene rings is 1. The number of rotatable bonds is 8. The van der Waals surface area contributed by atoms with Crippen LogP contribution in [0.4, 0.5) is 5.69 Å². The fourth-order valence-corrected chi connectivity index (χ4v) is 4.00. The van der Waals surface area contributed by atoms with Crippen molar-refractivity contribution >= 4 is 28.6 Å². The zero-order valence-corrected chi connectivity index (χ0v) is 17.6. The first-order valence-corrected chi connectivity index (χ1v) is 10.9. The lowest BCUT2D eigenvalue weighted by molar-refractivity contribution is -0.131. The van der Waals surface area contributed by atoms with E-state index in [2.05, 4.69) is 21.3 Å². The van der Waals surface area contributed by atoms with E-state index in [1.807, 2.05) is 36.5 Å². The van der Waals surface area contributed by atoms with Crippen molar-refractivity contribution in [3.8, 4) is 11.3 Å². The maximum absolute atomic E-state index is 10.7. The first kappa shape index (κ1) is 21.0. The van der Waals surface area contributed by atoms with Crippen LogP contribution < -0.4 is 5.32 Å². The van der Waals surface area contributed by atoms with E-state index < -0.39 is 5.97 Å². The van der Waals surface area contributed by atoms with Gasteiger partial charge in [0.25, 0.3) is 0 Å². The minimum atomic E-state index is -0.954. The lowest BCUT2D eigenvalue weighted by atomic mass is 10.1. The molecule has 160 valence electrons. The molecule has 2 aromatic heterocycles. The molecule has 0 amide bonds. The minimum Gasteiger partial charge on any atom is -0.478 e. The second kappa shape index (κ2) is 10.2. The molecular weight excluding hydrogens is 388 g/mol. The minimum absolute atomic E-state index is 0.840. The molecule has 3 heterocycles. The standard InChI is InChI=1S/C25H28N4O2/c30-25(31)10-7-19-5-8-20(9-6-19)23-17-24(21-18-26-13-11-22(21)28-23)27-12-4-16-29-14-2-1-3-15-29/h5-11,13,17-18H,1-4,12,14-16H2,(H,27,28)(H,30,31). The van der Waals surface area contributed by atoms with E-state index >= 15 is 0 Å². The third kappa shape index (κ3) is 5.67. The average molecular weight is 417 g/mol. The molecule has 6 heteroatoms. The zero-order valence-electron chi connectivity index (χ0n) is 17.6. The molecule has 6 nitrogen and oxygen atoms in total. The van der Waals surface area contributed by atoms with E-state index in [0.717, 1.165) is 59.0 Å². The van der Waals surface area contributed by atoms with Gasteiger partial charge in [-0.1, -0.05) is 30.7 Å². The molecule has 0 aliphatic carbocycles. The number of aliphatic carboxylic acids is 1. The number of carboxylic acid groups (broad SMARTS) is 1. The molecule has 1 saturated heterocycles. The van der Waals surface area contributed by atoms with Crippen LogP contribution in [0.25, 0.3) is 28.2 Å². The third-order valence-electron chi connectivity index (χ3n) is 5.65. The van der Waals surface area contributed by atoms with Crippen LogP contribution in [0.5, 0.6) is 0 Å². The van der Waals surface area contributed by atoms with Gasteiger partial charge in [-0.2, -0.15) is 0 Å². The lowest BCUT2D eigenvalue weighted by Crippen LogP contribution is -2.31. The van der Waals surface area contributed by atoms with Crippen molar-refractivity contribution < 1.29 is 9.90 Å². The summed E-state index contributed by atoms with van der Waals surface area (Å²) in [5.74, 6) is -0.954. The molecule has 0 spiro atoms. The highest BCUT2D eigenvalue weighted by molar-refractivity contribution is 5.93. The van der Waals surface area contributed by atoms with Gasteiger partial charge in [-0.3, -0.25) is 4.98 Å². The van der Waals surface area contributed by atoms with Crippen LogP contribution in [0.3, 0.4) is 0 Å². The topological polar surface area (TPSA) is 78.4 Å². The maximum Gasteiger partial charge on any atom is 0.328 e. The van der Waals surface area contributed by atoms with Gasteiger partial charge in [0.2, 0.25) is 0 Å². The van der Waals surface area contributed by atoms with Crippen molar-refractivity contribution in [2.24, 2.45) is 0 Å². The third-order valence-corrected chi connectivity index (χ3v) is 5.65. The molecule has 1 aliphatic heterocycles. The fourth-order valence-electron chi connectivity index (χ4n) is 4.00. The summed E-state index contributed by atoms with van der Waals surface area (Å²) in [7, 11) is 0. The molecule has 0 saturated carbocycles. The molecule has 0 atom stereocenters. The highest BCUT2D eigenvalue weighted by Gasteiger charge is 2.10. The fraction of sp³-hybridized carbons (Fsp3) is 0.320. The van der Waals surface area contributed by atoms with Gasteiger partial charge in [0.05, 0.1) is 11.2 Å². The van der Waals surface area contributed by atoms with E-state index in [-0.39, 0.29) is 0 Å². The van der Waals surface area contributed by atoms with Crippen molar-refractivity contribution in [3.05, 3.63) is 60.4 Å². The normalized spacial score (nSPS) is 14.8. The Kier molecular flexibility index (Phi) is 6.89. The molecule has 0 bridgehead atoms. The van der Waals surface area contributed by atoms with Crippen LogP contribution in [0.15, 0.2) is 54.9 Å². The van der Waals surface area contributed by atoms with E-state index in [4.69, 9.17) is 10.1 Å². The monoisotopic (exact) mass is 416 g/mol. The van der Waals surface area contributed by atoms with Crippen molar-refractivity contribution in [2.45, 2.75) is 25.7 Å². The molecule has 2 N–H and O–H groups in total. The quantitative estimate of drug-likeness (QED) is 0.410. The molecule has 0 radical (unpaired) electrons. The molecule has 4 rings (SSSR count). The second-order valence-electron chi connectivity index (χ2n) is 7.92. The van der Waals surface area contributed by atoms with Gasteiger partial charge in [-0.25, -0.2) is 9.78 Å². The second-order valence-corrected chi connectivity index (χ2v) is 7.92. The first-order chi connectivity index (χ1) is 15.2. The first-order valence-electron chi connectivity index (χ1n) is 10.9. The largest absolute Gasteiger partial charge is 0.478 e. The number of aromatic nitrogens is 2. The summed E-state index contributed by atoms with van der Waals surface area (Å²) in [6.45, 7) is 4.49. The number of hydrogen-bond donors (Lipinski definition) is 2. The maximum atomic E-state index is 10.7. The number of hydrogen-bond acceptors (Lipinski definition) is 5. The molecule has 3 aromatic rings. The average Bonchev–Trinajstić information content (AvgIpc) is 2.81. The Morgan fingerprint density at radius 1 is 1.13 bits per heavy atom. The van der Waals surface area contributed by atoms with Gasteiger partial charge in [-0.05, 0) is 62.7 Å². The number of pyridine rings is 2. The number of nitrogens with zero attached hydrogens (tertiary/aromatic N) is 3. The summed E-state index contributed by atoms with van der Waals surface area (Å²) in [5, 5.41) is 13.4. The Morgan fingerprint density at radius 2 is 1.94 bits per heavy atom. The van der Waals surface area contributed by atoms with Crippen LogP contribution in [0.2, 0.25) is 0 Å². The Labute approximate surface area is 182 Å². The van der Waals surface area contributed by atoms with Gasteiger partial charge in [0.15, 0.2) is 0 Å². The summed E-state index contributed by atoms with van der Waals surface area (Å²) < 4.78 is 0. The molecule has 1 aromatic carbocycles. The van der Waals surface area contributed by atoms with Crippen molar-refractivity contribution in [3.63, 3.8) is 0 Å². The summed E-state index contributed by atoms with van der Waals surface area (Å²) in [6.07, 6.45) is 11.5. The molecular formula is C25H28N4O2. The summed E-state index contributed by atoms with van der Waals surface area (Å²) in [5.41, 5.74) is 4.66. The van der Waals surface area contributed by atoms with E-state index in [9.17, 15) is 4.79 Å². The molecule has 0 unspecified atom stereocenters. The summed E-state index contributed by atoms with van der Waals surface area (Å²) in [4.78, 5) is 22.4. The van der Waals surface area contributed by atoms with Crippen LogP contribution in [-0.4, -0.2) is 52.1 Å². The number of fused-ring (bicyclic) bond motifs is 1. The number of likely N-dealkylation sites (tertiary alicyclic amines) is 1. The Bertz CT molecular complexity index is 1060. The molecule has 31 heavy (non-hydrogen) atoms. The van der Waals surface area contributed by atoms with E-state index in [1.165, 1.54) is 32.4 Å². The lowest BCUT2D eigenvalue weighted by Gasteiger charge is -2.26. The van der Waals surface area contributed by atoms with E-state index in [0.29, 0.717) is 0 Å². The highest BCUT2D eigenvalue weighted by atomic mass is 16.4. The van der Waals surface area contributed by atoms with Crippen LogP contribution in [0.1, 0.15) is 31.2 Å². The number of carboxylic acids is 1. The molecule has 1 fully saturated rings. The van der Waals surface area contributed by atoms with Crippen LogP contribution in [-0.2, 0) is 4.79 Å². The van der Waals surface area contributed by atoms with Gasteiger partial charge in [-0.15, -0.1) is 0 Å². The Balaban J connectivity index is 1.50. The van der Waals surface area contributed by atoms with Gasteiger partial charge in [0.1, 0.15) is 0 Å². The van der Waals surface area contributed by atoms with Gasteiger partial charge < -0.3 is 15.3 Å². The number of piperidine rings is 1. The summed E-state index contributed by atoms with van der Waals surface area (Å²) in [6, 6.07) is 11.8. The Morgan fingerprint density at radius 3 is 2.71 bits per heavy atom. The van der Waals surface area contributed by atoms with Crippen molar-refractivity contribution in [1.82, 2.24) is 14.9 Å². The smallest absolute Gasteiger partial charge is 0.328 e. The van der Waals surface area contributed by atoms with Crippen LogP contribution in [0, 0.1) is 0 Å². The SMILES string of the molecule is O=C(O)C=Cc1ccc(-c2cc(NCCCN3CCCCC3)c3cnccc3n2)cc1. The molecule has 1 aliphatic rings.